The molecule has 0 aliphatic carbocycles. The SMILES string of the molecule is CCc1ccc(Oc2ncnc(NN)c2C)cc1. The van der Waals surface area contributed by atoms with Crippen LogP contribution in [0.2, 0.25) is 0 Å². The molecule has 0 spiro atoms. The number of aryl methyl sites for hydroxylation is 1. The zero-order valence-electron chi connectivity index (χ0n) is 10.5. The van der Waals surface area contributed by atoms with Gasteiger partial charge in [0, 0.05) is 0 Å². The second-order valence-electron chi connectivity index (χ2n) is 3.90. The van der Waals surface area contributed by atoms with Gasteiger partial charge in [-0.15, -0.1) is 0 Å². The number of nitrogen functional groups attached to an aromatic ring is 1. The monoisotopic (exact) mass is 244 g/mol. The molecule has 0 atom stereocenters. The summed E-state index contributed by atoms with van der Waals surface area (Å²) >= 11 is 0. The van der Waals surface area contributed by atoms with Crippen molar-refractivity contribution in [3.8, 4) is 11.6 Å². The Morgan fingerprint density at radius 1 is 1.22 bits per heavy atom. The van der Waals surface area contributed by atoms with Gasteiger partial charge in [-0.3, -0.25) is 0 Å². The molecule has 18 heavy (non-hydrogen) atoms. The molecule has 0 unspecified atom stereocenters. The summed E-state index contributed by atoms with van der Waals surface area (Å²) in [5.74, 6) is 7.16. The summed E-state index contributed by atoms with van der Waals surface area (Å²) in [7, 11) is 0. The molecule has 2 rings (SSSR count). The summed E-state index contributed by atoms with van der Waals surface area (Å²) in [4.78, 5) is 8.10. The van der Waals surface area contributed by atoms with Crippen molar-refractivity contribution >= 4 is 5.82 Å². The molecule has 0 saturated heterocycles. The van der Waals surface area contributed by atoms with E-state index in [4.69, 9.17) is 10.6 Å². The number of ether oxygens (including phenoxy) is 1. The highest BCUT2D eigenvalue weighted by Gasteiger charge is 2.07. The van der Waals surface area contributed by atoms with Crippen LogP contribution in [0.1, 0.15) is 18.1 Å². The number of rotatable bonds is 4. The van der Waals surface area contributed by atoms with Crippen LogP contribution in [0, 0.1) is 6.92 Å². The third kappa shape index (κ3) is 2.57. The van der Waals surface area contributed by atoms with Gasteiger partial charge in [-0.2, -0.15) is 0 Å². The zero-order valence-corrected chi connectivity index (χ0v) is 10.5. The summed E-state index contributed by atoms with van der Waals surface area (Å²) in [5.41, 5.74) is 4.56. The van der Waals surface area contributed by atoms with Gasteiger partial charge in [-0.25, -0.2) is 15.8 Å². The van der Waals surface area contributed by atoms with Gasteiger partial charge < -0.3 is 10.2 Å². The van der Waals surface area contributed by atoms with Crippen LogP contribution >= 0.6 is 0 Å². The summed E-state index contributed by atoms with van der Waals surface area (Å²) in [6, 6.07) is 7.92. The minimum Gasteiger partial charge on any atom is -0.439 e. The molecule has 1 heterocycles. The van der Waals surface area contributed by atoms with Crippen molar-refractivity contribution in [1.29, 1.82) is 0 Å². The first kappa shape index (κ1) is 12.3. The largest absolute Gasteiger partial charge is 0.439 e. The number of hydrazine groups is 1. The smallest absolute Gasteiger partial charge is 0.227 e. The van der Waals surface area contributed by atoms with Crippen molar-refractivity contribution in [2.45, 2.75) is 20.3 Å². The number of nitrogens with one attached hydrogen (secondary N) is 1. The maximum Gasteiger partial charge on any atom is 0.227 e. The summed E-state index contributed by atoms with van der Waals surface area (Å²) in [6.45, 7) is 3.97. The Morgan fingerprint density at radius 3 is 2.56 bits per heavy atom. The number of nitrogens with two attached hydrogens (primary N) is 1. The lowest BCUT2D eigenvalue weighted by molar-refractivity contribution is 0.457. The Hall–Kier alpha value is -2.14. The third-order valence-electron chi connectivity index (χ3n) is 2.72. The van der Waals surface area contributed by atoms with Gasteiger partial charge >= 0.3 is 0 Å². The van der Waals surface area contributed by atoms with Gasteiger partial charge in [0.15, 0.2) is 0 Å². The molecule has 0 aliphatic heterocycles. The maximum atomic E-state index is 5.70. The molecule has 0 amide bonds. The van der Waals surface area contributed by atoms with E-state index in [9.17, 15) is 0 Å². The fourth-order valence-electron chi connectivity index (χ4n) is 1.59. The second kappa shape index (κ2) is 5.46. The van der Waals surface area contributed by atoms with Gasteiger partial charge in [0.2, 0.25) is 5.88 Å². The highest BCUT2D eigenvalue weighted by atomic mass is 16.5. The molecule has 3 N–H and O–H groups in total. The predicted octanol–water partition coefficient (Wildman–Crippen LogP) is 2.43. The summed E-state index contributed by atoms with van der Waals surface area (Å²) in [6.07, 6.45) is 2.42. The minimum atomic E-state index is 0.502. The van der Waals surface area contributed by atoms with Crippen molar-refractivity contribution in [2.75, 3.05) is 5.43 Å². The lowest BCUT2D eigenvalue weighted by atomic mass is 10.2. The lowest BCUT2D eigenvalue weighted by Crippen LogP contribution is -2.10. The second-order valence-corrected chi connectivity index (χ2v) is 3.90. The predicted molar refractivity (Wildman–Crippen MR) is 70.5 cm³/mol. The van der Waals surface area contributed by atoms with Crippen molar-refractivity contribution in [1.82, 2.24) is 9.97 Å². The number of benzene rings is 1. The number of hydrogen-bond donors (Lipinski definition) is 2. The quantitative estimate of drug-likeness (QED) is 0.638. The van der Waals surface area contributed by atoms with Crippen molar-refractivity contribution < 1.29 is 4.74 Å². The normalized spacial score (nSPS) is 10.2. The van der Waals surface area contributed by atoms with Gasteiger partial charge in [0.25, 0.3) is 0 Å². The van der Waals surface area contributed by atoms with E-state index >= 15 is 0 Å². The molecule has 0 bridgehead atoms. The molecule has 0 aliphatic rings. The van der Waals surface area contributed by atoms with E-state index in [1.54, 1.807) is 0 Å². The molecule has 1 aromatic heterocycles. The van der Waals surface area contributed by atoms with E-state index in [-0.39, 0.29) is 0 Å². The van der Waals surface area contributed by atoms with Gasteiger partial charge in [-0.05, 0) is 31.0 Å². The standard InChI is InChI=1S/C13H16N4O/c1-3-10-4-6-11(7-5-10)18-13-9(2)12(17-14)15-8-16-13/h4-8H,3,14H2,1-2H3,(H,15,16,17). The number of nitrogens with zero attached hydrogens (tertiary/aromatic N) is 2. The summed E-state index contributed by atoms with van der Waals surface area (Å²) < 4.78 is 5.70. The van der Waals surface area contributed by atoms with E-state index in [1.807, 2.05) is 31.2 Å². The molecule has 94 valence electrons. The van der Waals surface area contributed by atoms with Crippen LogP contribution < -0.4 is 16.0 Å². The van der Waals surface area contributed by atoms with Gasteiger partial charge in [0.05, 0.1) is 5.56 Å². The van der Waals surface area contributed by atoms with E-state index in [1.165, 1.54) is 11.9 Å². The fourth-order valence-corrected chi connectivity index (χ4v) is 1.59. The van der Waals surface area contributed by atoms with Crippen LogP contribution in [0.5, 0.6) is 11.6 Å². The van der Waals surface area contributed by atoms with Crippen molar-refractivity contribution in [3.63, 3.8) is 0 Å². The molecule has 5 heteroatoms. The molecular weight excluding hydrogens is 228 g/mol. The molecule has 5 nitrogen and oxygen atoms in total. The average molecular weight is 244 g/mol. The number of aromatic nitrogens is 2. The first-order valence-corrected chi connectivity index (χ1v) is 5.79. The average Bonchev–Trinajstić information content (AvgIpc) is 2.42. The Bertz CT molecular complexity index is 525. The Morgan fingerprint density at radius 2 is 1.94 bits per heavy atom. The Kier molecular flexibility index (Phi) is 3.74. The van der Waals surface area contributed by atoms with Crippen LogP contribution in [0.3, 0.4) is 0 Å². The van der Waals surface area contributed by atoms with Crippen molar-refractivity contribution in [2.24, 2.45) is 5.84 Å². The molecule has 0 saturated carbocycles. The fraction of sp³-hybridized carbons (Fsp3) is 0.231. The third-order valence-corrected chi connectivity index (χ3v) is 2.72. The van der Waals surface area contributed by atoms with Crippen LogP contribution in [0.15, 0.2) is 30.6 Å². The minimum absolute atomic E-state index is 0.502. The van der Waals surface area contributed by atoms with Crippen LogP contribution in [0.4, 0.5) is 5.82 Å². The van der Waals surface area contributed by atoms with Crippen LogP contribution in [-0.2, 0) is 6.42 Å². The van der Waals surface area contributed by atoms with E-state index in [2.05, 4.69) is 22.3 Å². The molecule has 0 fully saturated rings. The van der Waals surface area contributed by atoms with Gasteiger partial charge in [-0.1, -0.05) is 19.1 Å². The molecule has 0 radical (unpaired) electrons. The molecule has 1 aromatic carbocycles. The zero-order chi connectivity index (χ0) is 13.0. The van der Waals surface area contributed by atoms with E-state index in [0.717, 1.165) is 17.7 Å². The highest BCUT2D eigenvalue weighted by molar-refractivity contribution is 5.47. The Balaban J connectivity index is 2.22. The highest BCUT2D eigenvalue weighted by Crippen LogP contribution is 2.25. The summed E-state index contributed by atoms with van der Waals surface area (Å²) in [5, 5.41) is 0. The van der Waals surface area contributed by atoms with Crippen LogP contribution in [0.25, 0.3) is 0 Å². The number of hydrogen-bond acceptors (Lipinski definition) is 5. The molecular formula is C13H16N4O. The number of anilines is 1. The molecule has 2 aromatic rings. The maximum absolute atomic E-state index is 5.70. The van der Waals surface area contributed by atoms with E-state index < -0.39 is 0 Å². The van der Waals surface area contributed by atoms with Crippen LogP contribution in [-0.4, -0.2) is 9.97 Å². The Labute approximate surface area is 106 Å². The van der Waals surface area contributed by atoms with Gasteiger partial charge in [0.1, 0.15) is 17.9 Å². The topological polar surface area (TPSA) is 73.1 Å². The van der Waals surface area contributed by atoms with E-state index in [0.29, 0.717) is 11.7 Å². The lowest BCUT2D eigenvalue weighted by Gasteiger charge is -2.10. The first-order valence-electron chi connectivity index (χ1n) is 5.79. The van der Waals surface area contributed by atoms with Crippen molar-refractivity contribution in [3.05, 3.63) is 41.7 Å². The first-order chi connectivity index (χ1) is 8.74.